The predicted octanol–water partition coefficient (Wildman–Crippen LogP) is 1.31. The zero-order valence-corrected chi connectivity index (χ0v) is 11.6. The van der Waals surface area contributed by atoms with Gasteiger partial charge in [-0.15, -0.1) is 0 Å². The summed E-state index contributed by atoms with van der Waals surface area (Å²) in [5.41, 5.74) is -0.552. The van der Waals surface area contributed by atoms with E-state index in [0.717, 1.165) is 32.5 Å². The van der Waals surface area contributed by atoms with Gasteiger partial charge in [-0.05, 0) is 6.42 Å². The lowest BCUT2D eigenvalue weighted by atomic mass is 9.93. The summed E-state index contributed by atoms with van der Waals surface area (Å²) < 4.78 is 5.89. The van der Waals surface area contributed by atoms with E-state index in [1.165, 1.54) is 0 Å². The third-order valence-electron chi connectivity index (χ3n) is 3.09. The zero-order chi connectivity index (χ0) is 12.9. The van der Waals surface area contributed by atoms with E-state index in [-0.39, 0.29) is 16.9 Å². The van der Waals surface area contributed by atoms with Crippen LogP contribution < -0.4 is 10.6 Å². The van der Waals surface area contributed by atoms with E-state index in [1.807, 2.05) is 20.8 Å². The Morgan fingerprint density at radius 3 is 2.65 bits per heavy atom. The number of amides is 1. The Bertz CT molecular complexity index is 247. The average molecular weight is 242 g/mol. The minimum atomic E-state index is -0.338. The molecule has 17 heavy (non-hydrogen) atoms. The SMILES string of the molecule is CCCC1(CNC(=O)C(C)(C)C)CNCCO1. The number of ether oxygens (including phenoxy) is 1. The standard InChI is InChI=1S/C13H26N2O2/c1-5-6-13(9-14-7-8-17-13)10-15-11(16)12(2,3)4/h14H,5-10H2,1-4H3,(H,15,16). The number of carbonyl (C=O) groups excluding carboxylic acids is 1. The Labute approximate surface area is 104 Å². The van der Waals surface area contributed by atoms with E-state index in [2.05, 4.69) is 17.6 Å². The van der Waals surface area contributed by atoms with Crippen molar-refractivity contribution in [3.63, 3.8) is 0 Å². The van der Waals surface area contributed by atoms with Crippen LogP contribution in [-0.4, -0.2) is 37.7 Å². The molecule has 2 N–H and O–H groups in total. The van der Waals surface area contributed by atoms with Gasteiger partial charge in [0.15, 0.2) is 0 Å². The van der Waals surface area contributed by atoms with Gasteiger partial charge in [0.1, 0.15) is 0 Å². The lowest BCUT2D eigenvalue weighted by Crippen LogP contribution is -2.56. The van der Waals surface area contributed by atoms with E-state index in [0.29, 0.717) is 6.54 Å². The molecule has 1 fully saturated rings. The summed E-state index contributed by atoms with van der Waals surface area (Å²) in [6.07, 6.45) is 2.04. The predicted molar refractivity (Wildman–Crippen MR) is 68.9 cm³/mol. The minimum absolute atomic E-state index is 0.0853. The number of carbonyl (C=O) groups is 1. The van der Waals surface area contributed by atoms with E-state index >= 15 is 0 Å². The lowest BCUT2D eigenvalue weighted by molar-refractivity contribution is -0.131. The van der Waals surface area contributed by atoms with Gasteiger partial charge < -0.3 is 15.4 Å². The van der Waals surface area contributed by atoms with E-state index in [4.69, 9.17) is 4.74 Å². The van der Waals surface area contributed by atoms with Crippen LogP contribution in [0.3, 0.4) is 0 Å². The summed E-state index contributed by atoms with van der Waals surface area (Å²) >= 11 is 0. The zero-order valence-electron chi connectivity index (χ0n) is 11.6. The maximum absolute atomic E-state index is 11.9. The second-order valence-corrected chi connectivity index (χ2v) is 5.89. The molecule has 0 spiro atoms. The molecule has 0 aromatic carbocycles. The highest BCUT2D eigenvalue weighted by Gasteiger charge is 2.34. The van der Waals surface area contributed by atoms with Crippen LogP contribution in [-0.2, 0) is 9.53 Å². The van der Waals surface area contributed by atoms with Gasteiger partial charge in [0.25, 0.3) is 0 Å². The van der Waals surface area contributed by atoms with Crippen molar-refractivity contribution in [2.45, 2.75) is 46.1 Å². The number of morpholine rings is 1. The van der Waals surface area contributed by atoms with E-state index < -0.39 is 0 Å². The number of hydrogen-bond acceptors (Lipinski definition) is 3. The monoisotopic (exact) mass is 242 g/mol. The molecule has 1 amide bonds. The molecule has 1 aliphatic heterocycles. The van der Waals surface area contributed by atoms with E-state index in [9.17, 15) is 4.79 Å². The first-order valence-electron chi connectivity index (χ1n) is 6.53. The van der Waals surface area contributed by atoms with Crippen molar-refractivity contribution in [2.75, 3.05) is 26.2 Å². The van der Waals surface area contributed by atoms with Crippen molar-refractivity contribution in [1.82, 2.24) is 10.6 Å². The highest BCUT2D eigenvalue weighted by molar-refractivity contribution is 5.81. The van der Waals surface area contributed by atoms with Crippen molar-refractivity contribution >= 4 is 5.91 Å². The molecule has 1 aliphatic rings. The fourth-order valence-corrected chi connectivity index (χ4v) is 2.03. The Hall–Kier alpha value is -0.610. The third kappa shape index (κ3) is 4.28. The summed E-state index contributed by atoms with van der Waals surface area (Å²) in [5, 5.41) is 6.36. The largest absolute Gasteiger partial charge is 0.371 e. The van der Waals surface area contributed by atoms with Gasteiger partial charge in [-0.25, -0.2) is 0 Å². The van der Waals surface area contributed by atoms with Crippen molar-refractivity contribution in [1.29, 1.82) is 0 Å². The summed E-state index contributed by atoms with van der Waals surface area (Å²) in [6.45, 7) is 11.0. The molecule has 0 radical (unpaired) electrons. The van der Waals surface area contributed by atoms with Gasteiger partial charge in [-0.1, -0.05) is 34.1 Å². The summed E-state index contributed by atoms with van der Waals surface area (Å²) in [5.74, 6) is 0.0853. The van der Waals surface area contributed by atoms with Gasteiger partial charge in [-0.2, -0.15) is 0 Å². The molecule has 0 aromatic rings. The van der Waals surface area contributed by atoms with Crippen LogP contribution in [0.15, 0.2) is 0 Å². The van der Waals surface area contributed by atoms with Crippen LogP contribution in [0, 0.1) is 5.41 Å². The van der Waals surface area contributed by atoms with Gasteiger partial charge in [0.2, 0.25) is 5.91 Å². The summed E-state index contributed by atoms with van der Waals surface area (Å²) in [6, 6.07) is 0. The molecular weight excluding hydrogens is 216 g/mol. The molecule has 0 saturated carbocycles. The van der Waals surface area contributed by atoms with Gasteiger partial charge in [0, 0.05) is 25.0 Å². The first-order valence-corrected chi connectivity index (χ1v) is 6.53. The van der Waals surface area contributed by atoms with Crippen LogP contribution in [0.4, 0.5) is 0 Å². The average Bonchev–Trinajstić information content (AvgIpc) is 2.26. The molecular formula is C13H26N2O2. The number of hydrogen-bond donors (Lipinski definition) is 2. The molecule has 0 aromatic heterocycles. The normalized spacial score (nSPS) is 25.6. The molecule has 4 nitrogen and oxygen atoms in total. The van der Waals surface area contributed by atoms with Crippen LogP contribution in [0.2, 0.25) is 0 Å². The Morgan fingerprint density at radius 1 is 1.47 bits per heavy atom. The number of rotatable bonds is 4. The fourth-order valence-electron chi connectivity index (χ4n) is 2.03. The highest BCUT2D eigenvalue weighted by Crippen LogP contribution is 2.20. The van der Waals surface area contributed by atoms with Crippen LogP contribution in [0.5, 0.6) is 0 Å². The topological polar surface area (TPSA) is 50.4 Å². The maximum atomic E-state index is 11.9. The lowest BCUT2D eigenvalue weighted by Gasteiger charge is -2.38. The van der Waals surface area contributed by atoms with E-state index in [1.54, 1.807) is 0 Å². The van der Waals surface area contributed by atoms with Crippen molar-refractivity contribution in [3.05, 3.63) is 0 Å². The molecule has 1 unspecified atom stereocenters. The second kappa shape index (κ2) is 5.83. The van der Waals surface area contributed by atoms with Gasteiger partial charge in [0.05, 0.1) is 12.2 Å². The Kier molecular flexibility index (Phi) is 4.95. The van der Waals surface area contributed by atoms with Crippen LogP contribution >= 0.6 is 0 Å². The molecule has 1 rings (SSSR count). The van der Waals surface area contributed by atoms with Crippen LogP contribution in [0.25, 0.3) is 0 Å². The molecule has 100 valence electrons. The molecule has 1 saturated heterocycles. The quantitative estimate of drug-likeness (QED) is 0.781. The first-order chi connectivity index (χ1) is 7.90. The minimum Gasteiger partial charge on any atom is -0.371 e. The maximum Gasteiger partial charge on any atom is 0.225 e. The molecule has 1 atom stereocenters. The Morgan fingerprint density at radius 2 is 2.18 bits per heavy atom. The molecule has 1 heterocycles. The smallest absolute Gasteiger partial charge is 0.225 e. The number of nitrogens with one attached hydrogen (secondary N) is 2. The summed E-state index contributed by atoms with van der Waals surface area (Å²) in [7, 11) is 0. The molecule has 4 heteroatoms. The fraction of sp³-hybridized carbons (Fsp3) is 0.923. The molecule has 0 bridgehead atoms. The third-order valence-corrected chi connectivity index (χ3v) is 3.09. The van der Waals surface area contributed by atoms with Crippen LogP contribution in [0.1, 0.15) is 40.5 Å². The first kappa shape index (κ1) is 14.5. The molecule has 0 aliphatic carbocycles. The Balaban J connectivity index is 2.52. The van der Waals surface area contributed by atoms with Crippen molar-refractivity contribution in [2.24, 2.45) is 5.41 Å². The van der Waals surface area contributed by atoms with Gasteiger partial charge >= 0.3 is 0 Å². The highest BCUT2D eigenvalue weighted by atomic mass is 16.5. The van der Waals surface area contributed by atoms with Gasteiger partial charge in [-0.3, -0.25) is 4.79 Å². The van der Waals surface area contributed by atoms with Crippen molar-refractivity contribution < 1.29 is 9.53 Å². The summed E-state index contributed by atoms with van der Waals surface area (Å²) in [4.78, 5) is 11.9. The second-order valence-electron chi connectivity index (χ2n) is 5.89. The van der Waals surface area contributed by atoms with Crippen molar-refractivity contribution in [3.8, 4) is 0 Å².